The number of carbonyl (C=O) groups excluding carboxylic acids is 1. The lowest BCUT2D eigenvalue weighted by Gasteiger charge is -2.20. The summed E-state index contributed by atoms with van der Waals surface area (Å²) in [5.74, 6) is -2.10. The number of aromatic nitrogens is 3. The summed E-state index contributed by atoms with van der Waals surface area (Å²) in [5, 5.41) is 4.53. The Kier molecular flexibility index (Phi) is 5.67. The predicted molar refractivity (Wildman–Crippen MR) is 112 cm³/mol. The number of nitrogens with zero attached hydrogens (tertiary/aromatic N) is 4. The first-order valence-electron chi connectivity index (χ1n) is 8.84. The predicted octanol–water partition coefficient (Wildman–Crippen LogP) is 6.07. The van der Waals surface area contributed by atoms with E-state index in [0.29, 0.717) is 10.7 Å². The molecule has 2 heterocycles. The molecule has 2 aromatic carbocycles. The molecule has 0 atom stereocenters. The van der Waals surface area contributed by atoms with Crippen molar-refractivity contribution in [2.24, 2.45) is 0 Å². The number of hydrogen-bond acceptors (Lipinski definition) is 5. The van der Waals surface area contributed by atoms with Gasteiger partial charge in [0.15, 0.2) is 0 Å². The topological polar surface area (TPSA) is 72.1 Å². The van der Waals surface area contributed by atoms with Crippen LogP contribution in [0.5, 0.6) is 0 Å². The molecule has 10 heteroatoms. The monoisotopic (exact) mass is 460 g/mol. The molecule has 0 aliphatic carbocycles. The van der Waals surface area contributed by atoms with Gasteiger partial charge in [-0.1, -0.05) is 28.4 Å². The molecule has 0 N–H and O–H groups in total. The first kappa shape index (κ1) is 20.9. The van der Waals surface area contributed by atoms with Crippen LogP contribution in [0.15, 0.2) is 59.5 Å². The summed E-state index contributed by atoms with van der Waals surface area (Å²) in [5.41, 5.74) is 0.782. The van der Waals surface area contributed by atoms with Gasteiger partial charge in [-0.25, -0.2) is 23.6 Å². The van der Waals surface area contributed by atoms with Gasteiger partial charge in [0, 0.05) is 29.8 Å². The van der Waals surface area contributed by atoms with Gasteiger partial charge >= 0.3 is 0 Å². The third-order valence-corrected chi connectivity index (χ3v) is 4.90. The van der Waals surface area contributed by atoms with Crippen LogP contribution in [0.25, 0.3) is 22.5 Å². The van der Waals surface area contributed by atoms with Crippen LogP contribution in [0, 0.1) is 11.6 Å². The van der Waals surface area contributed by atoms with E-state index in [2.05, 4.69) is 15.1 Å². The molecule has 2 aromatic heterocycles. The van der Waals surface area contributed by atoms with E-state index in [4.69, 9.17) is 27.7 Å². The van der Waals surface area contributed by atoms with Crippen molar-refractivity contribution < 1.29 is 18.1 Å². The second-order valence-electron chi connectivity index (χ2n) is 6.38. The van der Waals surface area contributed by atoms with Crippen molar-refractivity contribution in [1.82, 2.24) is 15.1 Å². The molecule has 4 rings (SSSR count). The maximum Gasteiger partial charge on any atom is 0.248 e. The van der Waals surface area contributed by atoms with Crippen LogP contribution in [0.2, 0.25) is 10.0 Å². The molecule has 0 saturated carbocycles. The standard InChI is InChI=1S/C21H12Cl2F2N4O2/c1-11(30)29(18-5-2-12(22)8-15(18)23)21-19(17-6-7-26-10-27-17)20(28-31-21)14-4-3-13(24)9-16(14)25/h2-10H,1H3. The Morgan fingerprint density at radius 2 is 1.90 bits per heavy atom. The van der Waals surface area contributed by atoms with E-state index in [9.17, 15) is 13.6 Å². The molecular formula is C21H12Cl2F2N4O2. The van der Waals surface area contributed by atoms with E-state index in [1.165, 1.54) is 42.5 Å². The Morgan fingerprint density at radius 3 is 2.55 bits per heavy atom. The lowest BCUT2D eigenvalue weighted by atomic mass is 10.0. The molecule has 6 nitrogen and oxygen atoms in total. The molecular weight excluding hydrogens is 449 g/mol. The maximum absolute atomic E-state index is 14.6. The van der Waals surface area contributed by atoms with Gasteiger partial charge in [0.25, 0.3) is 0 Å². The van der Waals surface area contributed by atoms with Gasteiger partial charge in [-0.15, -0.1) is 0 Å². The molecule has 0 radical (unpaired) electrons. The highest BCUT2D eigenvalue weighted by molar-refractivity contribution is 6.37. The molecule has 0 aliphatic heterocycles. The number of hydrogen-bond donors (Lipinski definition) is 0. The summed E-state index contributed by atoms with van der Waals surface area (Å²) in [4.78, 5) is 21.9. The lowest BCUT2D eigenvalue weighted by molar-refractivity contribution is -0.116. The quantitative estimate of drug-likeness (QED) is 0.369. The highest BCUT2D eigenvalue weighted by atomic mass is 35.5. The Hall–Kier alpha value is -3.36. The summed E-state index contributed by atoms with van der Waals surface area (Å²) in [6, 6.07) is 9.15. The van der Waals surface area contributed by atoms with Crippen LogP contribution in [-0.2, 0) is 4.79 Å². The van der Waals surface area contributed by atoms with Gasteiger partial charge in [-0.2, -0.15) is 0 Å². The van der Waals surface area contributed by atoms with Crippen LogP contribution in [0.4, 0.5) is 20.4 Å². The van der Waals surface area contributed by atoms with E-state index >= 15 is 0 Å². The molecule has 0 spiro atoms. The largest absolute Gasteiger partial charge is 0.336 e. The van der Waals surface area contributed by atoms with E-state index in [0.717, 1.165) is 12.1 Å². The molecule has 4 aromatic rings. The van der Waals surface area contributed by atoms with Crippen LogP contribution >= 0.6 is 23.2 Å². The summed E-state index contributed by atoms with van der Waals surface area (Å²) >= 11 is 12.3. The highest BCUT2D eigenvalue weighted by Crippen LogP contribution is 2.43. The zero-order valence-corrected chi connectivity index (χ0v) is 17.3. The Bertz CT molecular complexity index is 1280. The fraction of sp³-hybridized carbons (Fsp3) is 0.0476. The number of halogens is 4. The van der Waals surface area contributed by atoms with Gasteiger partial charge in [-0.3, -0.25) is 4.79 Å². The van der Waals surface area contributed by atoms with Gasteiger partial charge in [0.05, 0.1) is 22.0 Å². The second kappa shape index (κ2) is 8.41. The fourth-order valence-corrected chi connectivity index (χ4v) is 3.55. The normalized spacial score (nSPS) is 10.9. The van der Waals surface area contributed by atoms with Gasteiger partial charge in [-0.05, 0) is 36.4 Å². The second-order valence-corrected chi connectivity index (χ2v) is 7.22. The molecule has 0 saturated heterocycles. The van der Waals surface area contributed by atoms with Crippen molar-refractivity contribution in [1.29, 1.82) is 0 Å². The number of amides is 1. The van der Waals surface area contributed by atoms with Crippen molar-refractivity contribution in [3.63, 3.8) is 0 Å². The lowest BCUT2D eigenvalue weighted by Crippen LogP contribution is -2.23. The van der Waals surface area contributed by atoms with Crippen molar-refractivity contribution in [3.05, 3.63) is 76.7 Å². The van der Waals surface area contributed by atoms with Crippen LogP contribution in [-0.4, -0.2) is 21.0 Å². The zero-order chi connectivity index (χ0) is 22.1. The molecule has 31 heavy (non-hydrogen) atoms. The Morgan fingerprint density at radius 1 is 1.10 bits per heavy atom. The van der Waals surface area contributed by atoms with Crippen molar-refractivity contribution in [2.45, 2.75) is 6.92 Å². The van der Waals surface area contributed by atoms with Crippen LogP contribution in [0.3, 0.4) is 0 Å². The smallest absolute Gasteiger partial charge is 0.248 e. The minimum atomic E-state index is -0.853. The minimum Gasteiger partial charge on any atom is -0.336 e. The summed E-state index contributed by atoms with van der Waals surface area (Å²) < 4.78 is 33.5. The maximum atomic E-state index is 14.6. The number of rotatable bonds is 4. The van der Waals surface area contributed by atoms with Gasteiger partial charge in [0.1, 0.15) is 23.7 Å². The first-order valence-corrected chi connectivity index (χ1v) is 9.59. The average molecular weight is 461 g/mol. The van der Waals surface area contributed by atoms with Crippen LogP contribution < -0.4 is 4.90 Å². The molecule has 0 unspecified atom stereocenters. The van der Waals surface area contributed by atoms with Crippen molar-refractivity contribution >= 4 is 40.7 Å². The minimum absolute atomic E-state index is 0.0301. The summed E-state index contributed by atoms with van der Waals surface area (Å²) in [6.45, 7) is 1.30. The summed E-state index contributed by atoms with van der Waals surface area (Å²) in [6.07, 6.45) is 2.75. The fourth-order valence-electron chi connectivity index (χ4n) is 3.05. The van der Waals surface area contributed by atoms with Crippen molar-refractivity contribution in [2.75, 3.05) is 4.90 Å². The molecule has 1 amide bonds. The van der Waals surface area contributed by atoms with Gasteiger partial charge < -0.3 is 4.52 Å². The van der Waals surface area contributed by atoms with Crippen LogP contribution in [0.1, 0.15) is 6.92 Å². The van der Waals surface area contributed by atoms with E-state index in [-0.39, 0.29) is 33.4 Å². The third-order valence-electron chi connectivity index (χ3n) is 4.37. The number of carbonyl (C=O) groups is 1. The average Bonchev–Trinajstić information content (AvgIpc) is 3.14. The first-order chi connectivity index (χ1) is 14.9. The SMILES string of the molecule is CC(=O)N(c1ccc(Cl)cc1Cl)c1onc(-c2ccc(F)cc2F)c1-c1ccncn1. The van der Waals surface area contributed by atoms with E-state index < -0.39 is 17.5 Å². The Labute approximate surface area is 185 Å². The third kappa shape index (κ3) is 3.99. The molecule has 0 fully saturated rings. The van der Waals surface area contributed by atoms with E-state index in [1.54, 1.807) is 12.1 Å². The molecule has 0 aliphatic rings. The van der Waals surface area contributed by atoms with Gasteiger partial charge in [0.2, 0.25) is 11.8 Å². The zero-order valence-electron chi connectivity index (χ0n) is 15.8. The van der Waals surface area contributed by atoms with Crippen molar-refractivity contribution in [3.8, 4) is 22.5 Å². The molecule has 0 bridgehead atoms. The molecule has 156 valence electrons. The summed E-state index contributed by atoms with van der Waals surface area (Å²) in [7, 11) is 0. The van der Waals surface area contributed by atoms with E-state index in [1.807, 2.05) is 0 Å². The highest BCUT2D eigenvalue weighted by Gasteiger charge is 2.30. The number of benzene rings is 2. The Balaban J connectivity index is 1.99. The number of anilines is 2.